The molecule has 0 bridgehead atoms. The number of anilines is 1. The molecule has 1 aromatic heterocycles. The summed E-state index contributed by atoms with van der Waals surface area (Å²) in [6.07, 6.45) is 4.75. The van der Waals surface area contributed by atoms with Gasteiger partial charge in [-0.3, -0.25) is 0 Å². The minimum Gasteiger partial charge on any atom is -0.348 e. The maximum Gasteiger partial charge on any atom is 0.185 e. The largest absolute Gasteiger partial charge is 0.348 e. The van der Waals surface area contributed by atoms with Gasteiger partial charge < -0.3 is 10.2 Å². The molecule has 1 heterocycles. The van der Waals surface area contributed by atoms with E-state index in [1.54, 1.807) is 0 Å². The van der Waals surface area contributed by atoms with Crippen molar-refractivity contribution in [3.63, 3.8) is 0 Å². The monoisotopic (exact) mass is 297 g/mol. The van der Waals surface area contributed by atoms with Gasteiger partial charge in [0, 0.05) is 30.6 Å². The van der Waals surface area contributed by atoms with Crippen molar-refractivity contribution in [2.75, 3.05) is 18.0 Å². The summed E-state index contributed by atoms with van der Waals surface area (Å²) < 4.78 is 0. The van der Waals surface area contributed by atoms with Crippen molar-refractivity contribution >= 4 is 16.5 Å². The normalized spacial score (nSPS) is 11.3. The molecule has 4 heteroatoms. The van der Waals surface area contributed by atoms with Crippen LogP contribution >= 0.6 is 11.3 Å². The number of aromatic nitrogens is 1. The Morgan fingerprint density at radius 2 is 1.95 bits per heavy atom. The topological polar surface area (TPSA) is 28.2 Å². The SMILES string of the molecule is CCCCN(CC)c1nc(CCC)c(CNC(C)C)s1. The minimum atomic E-state index is 0.525. The van der Waals surface area contributed by atoms with Gasteiger partial charge in [-0.2, -0.15) is 0 Å². The molecule has 116 valence electrons. The van der Waals surface area contributed by atoms with E-state index in [0.29, 0.717) is 6.04 Å². The van der Waals surface area contributed by atoms with E-state index in [2.05, 4.69) is 44.8 Å². The lowest BCUT2D eigenvalue weighted by Crippen LogP contribution is -2.23. The van der Waals surface area contributed by atoms with Crippen LogP contribution in [-0.4, -0.2) is 24.1 Å². The number of rotatable bonds is 10. The number of thiazole rings is 1. The molecular weight excluding hydrogens is 266 g/mol. The van der Waals surface area contributed by atoms with Gasteiger partial charge in [0.15, 0.2) is 5.13 Å². The Labute approximate surface area is 128 Å². The van der Waals surface area contributed by atoms with Crippen molar-refractivity contribution in [3.05, 3.63) is 10.6 Å². The van der Waals surface area contributed by atoms with Gasteiger partial charge in [0.1, 0.15) is 0 Å². The summed E-state index contributed by atoms with van der Waals surface area (Å²) in [5, 5.41) is 4.74. The quantitative estimate of drug-likeness (QED) is 0.701. The first-order chi connectivity index (χ1) is 9.62. The number of nitrogens with one attached hydrogen (secondary N) is 1. The Kier molecular flexibility index (Phi) is 8.15. The van der Waals surface area contributed by atoms with Crippen molar-refractivity contribution < 1.29 is 0 Å². The molecule has 0 atom stereocenters. The summed E-state index contributed by atoms with van der Waals surface area (Å²) in [6.45, 7) is 14.2. The predicted molar refractivity (Wildman–Crippen MR) is 90.9 cm³/mol. The predicted octanol–water partition coefficient (Wildman–Crippen LogP) is 4.22. The van der Waals surface area contributed by atoms with E-state index < -0.39 is 0 Å². The van der Waals surface area contributed by atoms with Crippen LogP contribution in [0.25, 0.3) is 0 Å². The zero-order chi connectivity index (χ0) is 15.0. The third-order valence-electron chi connectivity index (χ3n) is 3.36. The van der Waals surface area contributed by atoms with Gasteiger partial charge in [-0.15, -0.1) is 11.3 Å². The fourth-order valence-corrected chi connectivity index (χ4v) is 3.26. The summed E-state index contributed by atoms with van der Waals surface area (Å²) in [4.78, 5) is 8.75. The first kappa shape index (κ1) is 17.4. The van der Waals surface area contributed by atoms with Crippen LogP contribution in [0.3, 0.4) is 0 Å². The first-order valence-corrected chi connectivity index (χ1v) is 8.90. The van der Waals surface area contributed by atoms with Crippen molar-refractivity contribution in [2.45, 2.75) is 72.9 Å². The lowest BCUT2D eigenvalue weighted by molar-refractivity contribution is 0.589. The molecule has 0 saturated carbocycles. The minimum absolute atomic E-state index is 0.525. The molecular formula is C16H31N3S. The molecule has 0 aromatic carbocycles. The van der Waals surface area contributed by atoms with E-state index in [1.807, 2.05) is 11.3 Å². The standard InChI is InChI=1S/C16H31N3S/c1-6-9-11-19(8-3)16-18-14(10-7-2)15(20-16)12-17-13(4)5/h13,17H,6-12H2,1-5H3. The Morgan fingerprint density at radius 3 is 2.50 bits per heavy atom. The molecule has 1 N–H and O–H groups in total. The fraction of sp³-hybridized carbons (Fsp3) is 0.812. The Hall–Kier alpha value is -0.610. The molecule has 0 spiro atoms. The average molecular weight is 298 g/mol. The molecule has 0 unspecified atom stereocenters. The number of unbranched alkanes of at least 4 members (excludes halogenated alkanes) is 1. The highest BCUT2D eigenvalue weighted by atomic mass is 32.1. The molecule has 1 rings (SSSR count). The molecule has 20 heavy (non-hydrogen) atoms. The van der Waals surface area contributed by atoms with E-state index in [-0.39, 0.29) is 0 Å². The van der Waals surface area contributed by atoms with Crippen LogP contribution < -0.4 is 10.2 Å². The van der Waals surface area contributed by atoms with Gasteiger partial charge >= 0.3 is 0 Å². The molecule has 0 saturated heterocycles. The molecule has 0 aliphatic carbocycles. The van der Waals surface area contributed by atoms with E-state index in [1.165, 1.54) is 35.0 Å². The summed E-state index contributed by atoms with van der Waals surface area (Å²) >= 11 is 1.88. The van der Waals surface area contributed by atoms with Crippen molar-refractivity contribution in [1.29, 1.82) is 0 Å². The van der Waals surface area contributed by atoms with Crippen LogP contribution in [-0.2, 0) is 13.0 Å². The molecule has 0 aliphatic rings. The second-order valence-electron chi connectivity index (χ2n) is 5.59. The van der Waals surface area contributed by atoms with Gasteiger partial charge in [0.2, 0.25) is 0 Å². The highest BCUT2D eigenvalue weighted by Gasteiger charge is 2.14. The molecule has 0 radical (unpaired) electrons. The fourth-order valence-electron chi connectivity index (χ4n) is 2.11. The van der Waals surface area contributed by atoms with Crippen LogP contribution in [0, 0.1) is 0 Å². The number of aryl methyl sites for hydroxylation is 1. The maximum atomic E-state index is 4.91. The number of hydrogen-bond donors (Lipinski definition) is 1. The Balaban J connectivity index is 2.82. The lowest BCUT2D eigenvalue weighted by Gasteiger charge is -2.19. The number of nitrogens with zero attached hydrogens (tertiary/aromatic N) is 2. The van der Waals surface area contributed by atoms with Gasteiger partial charge in [0.25, 0.3) is 0 Å². The van der Waals surface area contributed by atoms with E-state index in [9.17, 15) is 0 Å². The van der Waals surface area contributed by atoms with Crippen LogP contribution in [0.15, 0.2) is 0 Å². The van der Waals surface area contributed by atoms with Crippen molar-refractivity contribution in [1.82, 2.24) is 10.3 Å². The zero-order valence-electron chi connectivity index (χ0n) is 13.8. The smallest absolute Gasteiger partial charge is 0.185 e. The van der Waals surface area contributed by atoms with Crippen molar-refractivity contribution in [2.24, 2.45) is 0 Å². The first-order valence-electron chi connectivity index (χ1n) is 8.09. The Morgan fingerprint density at radius 1 is 1.20 bits per heavy atom. The van der Waals surface area contributed by atoms with Crippen LogP contribution in [0.1, 0.15) is 64.5 Å². The molecule has 3 nitrogen and oxygen atoms in total. The van der Waals surface area contributed by atoms with Gasteiger partial charge in [0.05, 0.1) is 5.69 Å². The molecule has 0 aliphatic heterocycles. The summed E-state index contributed by atoms with van der Waals surface area (Å²) in [7, 11) is 0. The van der Waals surface area contributed by atoms with Gasteiger partial charge in [-0.1, -0.05) is 40.5 Å². The third kappa shape index (κ3) is 5.41. The van der Waals surface area contributed by atoms with Crippen molar-refractivity contribution in [3.8, 4) is 0 Å². The summed E-state index contributed by atoms with van der Waals surface area (Å²) in [6, 6.07) is 0.525. The summed E-state index contributed by atoms with van der Waals surface area (Å²) in [5.74, 6) is 0. The second-order valence-corrected chi connectivity index (χ2v) is 6.65. The molecule has 1 aromatic rings. The lowest BCUT2D eigenvalue weighted by atomic mass is 10.2. The van der Waals surface area contributed by atoms with Gasteiger partial charge in [-0.25, -0.2) is 4.98 Å². The maximum absolute atomic E-state index is 4.91. The second kappa shape index (κ2) is 9.35. The average Bonchev–Trinajstić information content (AvgIpc) is 2.81. The highest BCUT2D eigenvalue weighted by molar-refractivity contribution is 7.15. The van der Waals surface area contributed by atoms with Crippen LogP contribution in [0.2, 0.25) is 0 Å². The Bertz CT molecular complexity index is 374. The summed E-state index contributed by atoms with van der Waals surface area (Å²) in [5.41, 5.74) is 1.30. The molecule has 0 amide bonds. The third-order valence-corrected chi connectivity index (χ3v) is 4.52. The molecule has 0 fully saturated rings. The van der Waals surface area contributed by atoms with Crippen LogP contribution in [0.4, 0.5) is 5.13 Å². The van der Waals surface area contributed by atoms with Gasteiger partial charge in [-0.05, 0) is 19.8 Å². The van der Waals surface area contributed by atoms with E-state index in [0.717, 1.165) is 26.1 Å². The highest BCUT2D eigenvalue weighted by Crippen LogP contribution is 2.27. The number of hydrogen-bond acceptors (Lipinski definition) is 4. The van der Waals surface area contributed by atoms with E-state index in [4.69, 9.17) is 4.98 Å². The zero-order valence-corrected chi connectivity index (χ0v) is 14.6. The van der Waals surface area contributed by atoms with E-state index >= 15 is 0 Å². The van der Waals surface area contributed by atoms with Crippen LogP contribution in [0.5, 0.6) is 0 Å².